The predicted molar refractivity (Wildman–Crippen MR) is 165 cm³/mol. The van der Waals surface area contributed by atoms with Crippen LogP contribution in [0.25, 0.3) is 0 Å². The van der Waals surface area contributed by atoms with Gasteiger partial charge in [-0.3, -0.25) is 4.79 Å². The number of hydrogen-bond donors (Lipinski definition) is 0. The van der Waals surface area contributed by atoms with Crippen molar-refractivity contribution in [3.05, 3.63) is 82.4 Å². The summed E-state index contributed by atoms with van der Waals surface area (Å²) in [5.74, 6) is -1.27. The first kappa shape index (κ1) is 29.6. The van der Waals surface area contributed by atoms with Crippen LogP contribution in [0.1, 0.15) is 61.3 Å². The first-order valence-electron chi connectivity index (χ1n) is 14.2. The summed E-state index contributed by atoms with van der Waals surface area (Å²) in [5, 5.41) is 2.14. The Hall–Kier alpha value is -1.87. The molecule has 7 heteroatoms. The van der Waals surface area contributed by atoms with Gasteiger partial charge in [0.25, 0.3) is 8.32 Å². The van der Waals surface area contributed by atoms with Crippen LogP contribution in [0.15, 0.2) is 82.4 Å². The molecule has 0 unspecified atom stereocenters. The molecule has 214 valence electrons. The van der Waals surface area contributed by atoms with Crippen LogP contribution >= 0.6 is 15.9 Å². The number of carbonyl (C=O) groups excluding carboxylic acids is 1. The number of rotatable bonds is 7. The summed E-state index contributed by atoms with van der Waals surface area (Å²) in [6.07, 6.45) is 2.65. The number of hydrogen-bond acceptors (Lipinski definition) is 5. The van der Waals surface area contributed by atoms with Crippen molar-refractivity contribution in [2.45, 2.75) is 96.0 Å². The van der Waals surface area contributed by atoms with Gasteiger partial charge in [0.05, 0.1) is 23.3 Å². The Labute approximate surface area is 248 Å². The van der Waals surface area contributed by atoms with Crippen molar-refractivity contribution in [2.24, 2.45) is 0 Å². The van der Waals surface area contributed by atoms with E-state index in [1.807, 2.05) is 26.0 Å². The molecule has 40 heavy (non-hydrogen) atoms. The van der Waals surface area contributed by atoms with E-state index in [1.165, 1.54) is 10.4 Å². The molecule has 2 saturated heterocycles. The molecule has 2 aromatic rings. The molecule has 4 atom stereocenters. The first-order valence-corrected chi connectivity index (χ1v) is 16.9. The second-order valence-corrected chi connectivity index (χ2v) is 17.8. The zero-order valence-electron chi connectivity index (χ0n) is 24.6. The molecule has 0 radical (unpaired) electrons. The second kappa shape index (κ2) is 10.8. The quantitative estimate of drug-likeness (QED) is 0.209. The minimum absolute atomic E-state index is 0.0644. The van der Waals surface area contributed by atoms with Crippen molar-refractivity contribution in [3.63, 3.8) is 0 Å². The molecule has 0 bridgehead atoms. The summed E-state index contributed by atoms with van der Waals surface area (Å²) in [4.78, 5) is 13.9. The third kappa shape index (κ3) is 4.82. The molecule has 5 rings (SSSR count). The highest BCUT2D eigenvalue weighted by Crippen LogP contribution is 2.59. The van der Waals surface area contributed by atoms with Crippen molar-refractivity contribution in [1.29, 1.82) is 0 Å². The van der Waals surface area contributed by atoms with Gasteiger partial charge in [-0.05, 0) is 65.5 Å². The molecule has 3 aliphatic rings. The summed E-state index contributed by atoms with van der Waals surface area (Å²) in [7, 11) is -2.88. The zero-order chi connectivity index (χ0) is 28.9. The fourth-order valence-corrected chi connectivity index (χ4v) is 11.8. The van der Waals surface area contributed by atoms with Crippen molar-refractivity contribution >= 4 is 40.4 Å². The molecule has 1 aliphatic carbocycles. The van der Waals surface area contributed by atoms with E-state index >= 15 is 0 Å². The smallest absolute Gasteiger partial charge is 0.261 e. The molecule has 0 amide bonds. The second-order valence-electron chi connectivity index (χ2n) is 12.7. The Morgan fingerprint density at radius 1 is 0.975 bits per heavy atom. The minimum atomic E-state index is -2.88. The van der Waals surface area contributed by atoms with Crippen molar-refractivity contribution in [2.75, 3.05) is 6.61 Å². The Morgan fingerprint density at radius 2 is 1.50 bits per heavy atom. The zero-order valence-corrected chi connectivity index (χ0v) is 27.2. The maximum absolute atomic E-state index is 13.9. The number of Topliss-reactive ketones (excluding diaryl/α,β-unsaturated/α-hetero) is 1. The van der Waals surface area contributed by atoms with Gasteiger partial charge in [-0.2, -0.15) is 0 Å². The van der Waals surface area contributed by atoms with Gasteiger partial charge in [0.15, 0.2) is 11.7 Å². The molecule has 2 heterocycles. The van der Waals surface area contributed by atoms with Gasteiger partial charge in [-0.25, -0.2) is 0 Å². The van der Waals surface area contributed by atoms with E-state index < -0.39 is 25.8 Å². The SMILES string of the molecule is CC(C)=CC[C@]12O[C@H]1C1(O[C@@H](C)C[C@H](C)O1)C(CO[Si](c1ccccc1)(c1ccccc1)C(C)(C)C)=C(Br)C2=O. The maximum Gasteiger partial charge on any atom is 0.261 e. The molecule has 0 aromatic heterocycles. The fourth-order valence-electron chi connectivity index (χ4n) is 6.53. The number of halogens is 1. The van der Waals surface area contributed by atoms with Crippen LogP contribution in [0.2, 0.25) is 5.04 Å². The highest BCUT2D eigenvalue weighted by molar-refractivity contribution is 9.12. The summed E-state index contributed by atoms with van der Waals surface area (Å²) < 4.78 is 27.5. The van der Waals surface area contributed by atoms with E-state index in [9.17, 15) is 4.79 Å². The number of epoxide rings is 1. The summed E-state index contributed by atoms with van der Waals surface area (Å²) in [5.41, 5.74) is 0.825. The van der Waals surface area contributed by atoms with Crippen LogP contribution < -0.4 is 10.4 Å². The number of benzene rings is 2. The number of fused-ring (bicyclic) bond motifs is 2. The Bertz CT molecular complexity index is 1260. The van der Waals surface area contributed by atoms with Gasteiger partial charge >= 0.3 is 0 Å². The average Bonchev–Trinajstić information content (AvgIpc) is 3.66. The van der Waals surface area contributed by atoms with Gasteiger partial charge in [-0.1, -0.05) is 93.1 Å². The maximum atomic E-state index is 13.9. The monoisotopic (exact) mass is 624 g/mol. The lowest BCUT2D eigenvalue weighted by atomic mass is 9.80. The van der Waals surface area contributed by atoms with Crippen LogP contribution in [-0.2, 0) is 23.4 Å². The van der Waals surface area contributed by atoms with E-state index in [0.29, 0.717) is 16.5 Å². The standard InChI is InChI=1S/C33H41BrO5Si/c1-22(2)18-19-32-29(35)28(34)27(33(30(32)39-32)37-23(3)20-24(4)38-33)21-36-40(31(5,6)7,25-14-10-8-11-15-25)26-16-12-9-13-17-26/h8-18,23-24,30H,19-21H2,1-7H3/t23-,24-,30+,32+/m0/s1. The van der Waals surface area contributed by atoms with Gasteiger partial charge in [0, 0.05) is 12.0 Å². The van der Waals surface area contributed by atoms with Gasteiger partial charge < -0.3 is 18.6 Å². The molecule has 1 spiro atoms. The van der Waals surface area contributed by atoms with E-state index in [-0.39, 0.29) is 29.6 Å². The van der Waals surface area contributed by atoms with Crippen LogP contribution in [-0.4, -0.2) is 50.4 Å². The summed E-state index contributed by atoms with van der Waals surface area (Å²) in [6.45, 7) is 15.1. The number of ether oxygens (including phenoxy) is 3. The summed E-state index contributed by atoms with van der Waals surface area (Å²) in [6, 6.07) is 21.0. The van der Waals surface area contributed by atoms with Gasteiger partial charge in [-0.15, -0.1) is 0 Å². The molecule has 2 aliphatic heterocycles. The highest BCUT2D eigenvalue weighted by Gasteiger charge is 2.77. The first-order chi connectivity index (χ1) is 18.9. The Morgan fingerprint density at radius 3 is 1.98 bits per heavy atom. The van der Waals surface area contributed by atoms with Crippen molar-refractivity contribution in [1.82, 2.24) is 0 Å². The Kier molecular flexibility index (Phi) is 7.96. The van der Waals surface area contributed by atoms with Crippen LogP contribution in [0.3, 0.4) is 0 Å². The Balaban J connectivity index is 1.64. The van der Waals surface area contributed by atoms with Crippen molar-refractivity contribution < 1.29 is 23.4 Å². The minimum Gasteiger partial charge on any atom is -0.403 e. The van der Waals surface area contributed by atoms with Gasteiger partial charge in [0.2, 0.25) is 11.6 Å². The molecule has 0 saturated carbocycles. The number of allylic oxidation sites excluding steroid dienone is 1. The number of carbonyl (C=O) groups is 1. The lowest BCUT2D eigenvalue weighted by Crippen LogP contribution is -2.67. The topological polar surface area (TPSA) is 57.3 Å². The lowest BCUT2D eigenvalue weighted by Gasteiger charge is -2.48. The average molecular weight is 626 g/mol. The molecule has 2 aromatic carbocycles. The largest absolute Gasteiger partial charge is 0.403 e. The van der Waals surface area contributed by atoms with Crippen LogP contribution in [0.4, 0.5) is 0 Å². The third-order valence-corrected chi connectivity index (χ3v) is 14.2. The van der Waals surface area contributed by atoms with Crippen molar-refractivity contribution in [3.8, 4) is 0 Å². The molecular weight excluding hydrogens is 584 g/mol. The lowest BCUT2D eigenvalue weighted by molar-refractivity contribution is -0.301. The molecule has 2 fully saturated rings. The van der Waals surface area contributed by atoms with Crippen LogP contribution in [0.5, 0.6) is 0 Å². The summed E-state index contributed by atoms with van der Waals surface area (Å²) >= 11 is 3.72. The van der Waals surface area contributed by atoms with Gasteiger partial charge in [0.1, 0.15) is 0 Å². The molecule has 0 N–H and O–H groups in total. The predicted octanol–water partition coefficient (Wildman–Crippen LogP) is 6.20. The normalized spacial score (nSPS) is 30.3. The van der Waals surface area contributed by atoms with E-state index in [1.54, 1.807) is 0 Å². The van der Waals surface area contributed by atoms with E-state index in [0.717, 1.165) is 12.0 Å². The molecule has 5 nitrogen and oxygen atoms in total. The molecular formula is C33H41BrO5Si. The van der Waals surface area contributed by atoms with Crippen LogP contribution in [0, 0.1) is 0 Å². The number of ketones is 1. The third-order valence-electron chi connectivity index (χ3n) is 8.39. The highest BCUT2D eigenvalue weighted by atomic mass is 79.9. The fraction of sp³-hybridized carbons (Fsp3) is 0.485. The van der Waals surface area contributed by atoms with E-state index in [2.05, 4.69) is 105 Å². The van der Waals surface area contributed by atoms with E-state index in [4.69, 9.17) is 18.6 Å².